The first-order valence-corrected chi connectivity index (χ1v) is 13.1. The molecule has 1 unspecified atom stereocenters. The van der Waals surface area contributed by atoms with Gasteiger partial charge in [0.05, 0.1) is 20.6 Å². The van der Waals surface area contributed by atoms with Crippen LogP contribution in [0.2, 0.25) is 0 Å². The highest BCUT2D eigenvalue weighted by molar-refractivity contribution is 7.97. The van der Waals surface area contributed by atoms with Crippen molar-refractivity contribution in [3.8, 4) is 22.6 Å². The van der Waals surface area contributed by atoms with E-state index in [1.165, 1.54) is 5.56 Å². The van der Waals surface area contributed by atoms with E-state index >= 15 is 0 Å². The minimum absolute atomic E-state index is 0.0190. The lowest BCUT2D eigenvalue weighted by molar-refractivity contribution is -0.118. The Balaban J connectivity index is 1.34. The van der Waals surface area contributed by atoms with E-state index in [9.17, 15) is 13.2 Å². The predicted molar refractivity (Wildman–Crippen MR) is 131 cm³/mol. The van der Waals surface area contributed by atoms with Crippen LogP contribution in [0.5, 0.6) is 11.5 Å². The van der Waals surface area contributed by atoms with Crippen LogP contribution in [0.15, 0.2) is 66.7 Å². The first-order chi connectivity index (χ1) is 15.9. The Hall–Kier alpha value is -2.97. The van der Waals surface area contributed by atoms with Crippen molar-refractivity contribution in [2.75, 3.05) is 14.2 Å². The Morgan fingerprint density at radius 2 is 1.55 bits per heavy atom. The van der Waals surface area contributed by atoms with Crippen LogP contribution in [0.3, 0.4) is 0 Å². The fourth-order valence-corrected chi connectivity index (χ4v) is 6.17. The van der Waals surface area contributed by atoms with Crippen molar-refractivity contribution in [1.29, 1.82) is 0 Å². The summed E-state index contributed by atoms with van der Waals surface area (Å²) in [6.07, 6.45) is -0.0190. The molecule has 0 bridgehead atoms. The summed E-state index contributed by atoms with van der Waals surface area (Å²) in [4.78, 5) is 11.4. The molecule has 3 aromatic carbocycles. The summed E-state index contributed by atoms with van der Waals surface area (Å²) in [6, 6.07) is 21.7. The van der Waals surface area contributed by atoms with Crippen LogP contribution < -0.4 is 14.2 Å². The minimum Gasteiger partial charge on any atom is -0.497 e. The highest BCUT2D eigenvalue weighted by Crippen LogP contribution is 2.34. The van der Waals surface area contributed by atoms with E-state index in [-0.39, 0.29) is 6.42 Å². The van der Waals surface area contributed by atoms with E-state index < -0.39 is 21.2 Å². The first-order valence-electron chi connectivity index (χ1n) is 10.4. The van der Waals surface area contributed by atoms with E-state index in [0.717, 1.165) is 39.7 Å². The second-order valence-electron chi connectivity index (χ2n) is 7.76. The lowest BCUT2D eigenvalue weighted by Crippen LogP contribution is -2.21. The smallest absolute Gasteiger partial charge is 0.242 e. The number of nitrogens with one attached hydrogen (secondary N) is 1. The highest BCUT2D eigenvalue weighted by atomic mass is 32.2. The molecule has 1 heterocycles. The molecule has 1 N–H and O–H groups in total. The van der Waals surface area contributed by atoms with Gasteiger partial charge >= 0.3 is 0 Å². The average molecular weight is 484 g/mol. The van der Waals surface area contributed by atoms with Gasteiger partial charge in [0.15, 0.2) is 0 Å². The largest absolute Gasteiger partial charge is 0.497 e. The number of thioether (sulfide) groups is 1. The molecular formula is C25H25NO5S2. The lowest BCUT2D eigenvalue weighted by atomic mass is 10.0. The van der Waals surface area contributed by atoms with Gasteiger partial charge in [-0.3, -0.25) is 9.52 Å². The Kier molecular flexibility index (Phi) is 6.95. The molecule has 0 aromatic heterocycles. The summed E-state index contributed by atoms with van der Waals surface area (Å²) >= 11 is 1.79. The molecule has 172 valence electrons. The molecule has 1 amide bonds. The van der Waals surface area contributed by atoms with Gasteiger partial charge in [0, 0.05) is 23.1 Å². The van der Waals surface area contributed by atoms with Gasteiger partial charge < -0.3 is 9.47 Å². The van der Waals surface area contributed by atoms with Gasteiger partial charge in [0.2, 0.25) is 15.9 Å². The van der Waals surface area contributed by atoms with Crippen molar-refractivity contribution in [2.45, 2.75) is 23.2 Å². The molecular weight excluding hydrogens is 458 g/mol. The molecule has 4 rings (SSSR count). The number of benzene rings is 3. The molecule has 3 aromatic rings. The molecule has 0 aliphatic carbocycles. The van der Waals surface area contributed by atoms with Crippen LogP contribution in [0.4, 0.5) is 0 Å². The van der Waals surface area contributed by atoms with Crippen LogP contribution in [0.1, 0.15) is 28.4 Å². The van der Waals surface area contributed by atoms with Crippen molar-refractivity contribution in [2.24, 2.45) is 0 Å². The third-order valence-corrected chi connectivity index (χ3v) is 8.34. The minimum atomic E-state index is -3.61. The third kappa shape index (κ3) is 5.34. The third-order valence-electron chi connectivity index (χ3n) is 5.56. The Bertz CT molecular complexity index is 1240. The number of methoxy groups -OCH3 is 2. The van der Waals surface area contributed by atoms with Crippen molar-refractivity contribution in [3.63, 3.8) is 0 Å². The van der Waals surface area contributed by atoms with Crippen LogP contribution in [0, 0.1) is 0 Å². The zero-order valence-corrected chi connectivity index (χ0v) is 20.0. The van der Waals surface area contributed by atoms with E-state index in [1.54, 1.807) is 38.1 Å². The van der Waals surface area contributed by atoms with Crippen LogP contribution >= 0.6 is 11.8 Å². The maximum Gasteiger partial charge on any atom is 0.242 e. The maximum absolute atomic E-state index is 12.0. The summed E-state index contributed by atoms with van der Waals surface area (Å²) < 4.78 is 36.9. The summed E-state index contributed by atoms with van der Waals surface area (Å²) in [7, 11) is -0.320. The van der Waals surface area contributed by atoms with E-state index in [2.05, 4.69) is 29.0 Å². The van der Waals surface area contributed by atoms with Gasteiger partial charge in [0.1, 0.15) is 16.7 Å². The van der Waals surface area contributed by atoms with E-state index in [1.807, 2.05) is 30.3 Å². The van der Waals surface area contributed by atoms with Crippen molar-refractivity contribution >= 4 is 27.7 Å². The van der Waals surface area contributed by atoms with Gasteiger partial charge in [0.25, 0.3) is 0 Å². The fraction of sp³-hybridized carbons (Fsp3) is 0.240. The van der Waals surface area contributed by atoms with Gasteiger partial charge in [-0.05, 0) is 34.4 Å². The Morgan fingerprint density at radius 3 is 2.09 bits per heavy atom. The van der Waals surface area contributed by atoms with Crippen molar-refractivity contribution in [3.05, 3.63) is 83.4 Å². The monoisotopic (exact) mass is 483 g/mol. The average Bonchev–Trinajstić information content (AvgIpc) is 3.11. The number of ether oxygens (including phenoxy) is 2. The first kappa shape index (κ1) is 23.2. The zero-order valence-electron chi connectivity index (χ0n) is 18.4. The Labute approximate surface area is 198 Å². The zero-order chi connectivity index (χ0) is 23.4. The lowest BCUT2D eigenvalue weighted by Gasteiger charge is -2.11. The number of carbonyl (C=O) groups is 1. The number of amides is 1. The quantitative estimate of drug-likeness (QED) is 0.500. The Morgan fingerprint density at radius 1 is 0.909 bits per heavy atom. The fourth-order valence-electron chi connectivity index (χ4n) is 3.78. The number of carbonyl (C=O) groups excluding carboxylic acids is 1. The van der Waals surface area contributed by atoms with Gasteiger partial charge in [-0.25, -0.2) is 8.42 Å². The van der Waals surface area contributed by atoms with Gasteiger partial charge in [-0.15, -0.1) is 0 Å². The molecule has 8 heteroatoms. The summed E-state index contributed by atoms with van der Waals surface area (Å²) in [5, 5.41) is -0.797. The topological polar surface area (TPSA) is 81.7 Å². The summed E-state index contributed by atoms with van der Waals surface area (Å²) in [5.74, 6) is 2.74. The van der Waals surface area contributed by atoms with Gasteiger partial charge in [-0.2, -0.15) is 11.8 Å². The molecule has 0 spiro atoms. The maximum atomic E-state index is 12.0. The molecule has 1 fully saturated rings. The molecule has 1 aliphatic rings. The van der Waals surface area contributed by atoms with Gasteiger partial charge in [-0.1, -0.05) is 48.5 Å². The number of hydrogen-bond donors (Lipinski definition) is 1. The second-order valence-corrected chi connectivity index (χ2v) is 10.6. The van der Waals surface area contributed by atoms with Crippen molar-refractivity contribution < 1.29 is 22.7 Å². The number of rotatable bonds is 8. The van der Waals surface area contributed by atoms with Crippen molar-refractivity contribution in [1.82, 2.24) is 4.72 Å². The molecule has 6 nitrogen and oxygen atoms in total. The second kappa shape index (κ2) is 9.89. The highest BCUT2D eigenvalue weighted by Gasteiger charge is 2.37. The molecule has 33 heavy (non-hydrogen) atoms. The SMILES string of the molecule is COc1ccc(-c2ccc(CSCc3ccc(C4CC(=O)NS4(=O)=O)cc3)cc2)c(OC)c1. The molecule has 0 radical (unpaired) electrons. The van der Waals surface area contributed by atoms with Crippen LogP contribution in [-0.2, 0) is 26.3 Å². The number of sulfonamides is 1. The normalized spacial score (nSPS) is 16.9. The summed E-state index contributed by atoms with van der Waals surface area (Å²) in [5.41, 5.74) is 5.06. The molecule has 1 atom stereocenters. The summed E-state index contributed by atoms with van der Waals surface area (Å²) in [6.45, 7) is 0. The molecule has 1 aliphatic heterocycles. The predicted octanol–water partition coefficient (Wildman–Crippen LogP) is 4.70. The van der Waals surface area contributed by atoms with E-state index in [4.69, 9.17) is 9.47 Å². The molecule has 0 saturated carbocycles. The standard InChI is InChI=1S/C25H25NO5S2/c1-30-21-11-12-22(23(13-21)31-2)19-7-3-17(4-8-19)15-32-16-18-5-9-20(10-6-18)24-14-25(27)26-33(24,28)29/h3-13,24H,14-16H2,1-2H3,(H,26,27). The molecule has 1 saturated heterocycles. The number of hydrogen-bond acceptors (Lipinski definition) is 6. The van der Waals surface area contributed by atoms with E-state index in [0.29, 0.717) is 5.56 Å². The van der Waals surface area contributed by atoms with Crippen LogP contribution in [-0.4, -0.2) is 28.5 Å². The van der Waals surface area contributed by atoms with Crippen LogP contribution in [0.25, 0.3) is 11.1 Å².